The first-order valence-corrected chi connectivity index (χ1v) is 26.2. The summed E-state index contributed by atoms with van der Waals surface area (Å²) in [6, 6.07) is 0. The van der Waals surface area contributed by atoms with E-state index in [0.29, 0.717) is 13.2 Å². The van der Waals surface area contributed by atoms with Crippen LogP contribution in [-0.4, -0.2) is 61.4 Å². The summed E-state index contributed by atoms with van der Waals surface area (Å²) < 4.78 is 11.7. The SMILES string of the molecule is CCCCCCCCC(CCCCCCCC)C(=O)OCCCCCCCN(CCO)CCCCCCCOC(=O)C(CCCCCCCC)CCCCCCCC. The largest absolute Gasteiger partial charge is 0.465 e. The fourth-order valence-corrected chi connectivity index (χ4v) is 8.44. The lowest BCUT2D eigenvalue weighted by atomic mass is 9.94. The lowest BCUT2D eigenvalue weighted by Crippen LogP contribution is -2.29. The summed E-state index contributed by atoms with van der Waals surface area (Å²) in [5, 5.41) is 9.65. The van der Waals surface area contributed by atoms with E-state index in [1.807, 2.05) is 0 Å². The Morgan fingerprint density at radius 3 is 0.914 bits per heavy atom. The highest BCUT2D eigenvalue weighted by Gasteiger charge is 2.20. The van der Waals surface area contributed by atoms with Crippen molar-refractivity contribution in [1.82, 2.24) is 4.90 Å². The normalized spacial score (nSPS) is 11.7. The van der Waals surface area contributed by atoms with Crippen LogP contribution in [0, 0.1) is 11.8 Å². The Bertz CT molecular complexity index is 741. The first-order chi connectivity index (χ1) is 28.5. The fourth-order valence-electron chi connectivity index (χ4n) is 8.44. The predicted molar refractivity (Wildman–Crippen MR) is 251 cm³/mol. The molecule has 6 heteroatoms. The summed E-state index contributed by atoms with van der Waals surface area (Å²) in [5.41, 5.74) is 0. The number of carbonyl (C=O) groups is 2. The van der Waals surface area contributed by atoms with E-state index in [-0.39, 0.29) is 30.4 Å². The van der Waals surface area contributed by atoms with E-state index in [4.69, 9.17) is 9.47 Å². The molecule has 0 saturated carbocycles. The smallest absolute Gasteiger partial charge is 0.308 e. The number of rotatable bonds is 48. The van der Waals surface area contributed by atoms with Crippen LogP contribution in [0.3, 0.4) is 0 Å². The molecular formula is C52H103NO5. The number of ether oxygens (including phenoxy) is 2. The molecular weight excluding hydrogens is 719 g/mol. The van der Waals surface area contributed by atoms with Crippen LogP contribution in [0.1, 0.15) is 272 Å². The number of aliphatic hydroxyl groups excluding tert-OH is 1. The maximum Gasteiger partial charge on any atom is 0.308 e. The molecule has 0 rings (SSSR count). The van der Waals surface area contributed by atoms with Crippen molar-refractivity contribution in [3.05, 3.63) is 0 Å². The monoisotopic (exact) mass is 822 g/mol. The van der Waals surface area contributed by atoms with E-state index in [9.17, 15) is 14.7 Å². The summed E-state index contributed by atoms with van der Waals surface area (Å²) in [6.07, 6.45) is 45.7. The van der Waals surface area contributed by atoms with Gasteiger partial charge in [-0.25, -0.2) is 0 Å². The van der Waals surface area contributed by atoms with Crippen molar-refractivity contribution >= 4 is 11.9 Å². The predicted octanol–water partition coefficient (Wildman–Crippen LogP) is 15.5. The Labute approximate surface area is 362 Å². The van der Waals surface area contributed by atoms with Crippen LogP contribution >= 0.6 is 0 Å². The molecule has 1 N–H and O–H groups in total. The van der Waals surface area contributed by atoms with Crippen molar-refractivity contribution in [3.63, 3.8) is 0 Å². The number of hydrogen-bond acceptors (Lipinski definition) is 6. The minimum Gasteiger partial charge on any atom is -0.465 e. The number of esters is 2. The first kappa shape index (κ1) is 56.9. The molecule has 0 bridgehead atoms. The molecule has 0 radical (unpaired) electrons. The van der Waals surface area contributed by atoms with Crippen LogP contribution in [0.4, 0.5) is 0 Å². The third-order valence-corrected chi connectivity index (χ3v) is 12.4. The zero-order valence-electron chi connectivity index (χ0n) is 39.8. The highest BCUT2D eigenvalue weighted by atomic mass is 16.5. The van der Waals surface area contributed by atoms with Gasteiger partial charge >= 0.3 is 11.9 Å². The Hall–Kier alpha value is -1.14. The van der Waals surface area contributed by atoms with Gasteiger partial charge in [0.05, 0.1) is 31.7 Å². The van der Waals surface area contributed by atoms with Crippen molar-refractivity contribution in [2.75, 3.05) is 39.5 Å². The average molecular weight is 822 g/mol. The molecule has 0 amide bonds. The molecule has 0 atom stereocenters. The van der Waals surface area contributed by atoms with E-state index in [1.165, 1.54) is 154 Å². The first-order valence-electron chi connectivity index (χ1n) is 26.2. The standard InChI is InChI=1S/C52H103NO5/c1-5-9-13-17-23-31-39-49(40-32-24-18-14-10-6-2)51(55)57-47-37-29-21-27-35-43-53(45-46-54)44-36-28-22-30-38-48-58-52(56)50(41-33-25-19-15-11-7-3)42-34-26-20-16-12-8-4/h49-50,54H,5-48H2,1-4H3. The zero-order valence-corrected chi connectivity index (χ0v) is 39.8. The van der Waals surface area contributed by atoms with Gasteiger partial charge in [-0.15, -0.1) is 0 Å². The number of nitrogens with zero attached hydrogens (tertiary/aromatic N) is 1. The molecule has 6 nitrogen and oxygen atoms in total. The number of carbonyl (C=O) groups excluding carboxylic acids is 2. The summed E-state index contributed by atoms with van der Waals surface area (Å²) in [5.74, 6) is 0.311. The van der Waals surface area contributed by atoms with Gasteiger partial charge in [0.25, 0.3) is 0 Å². The van der Waals surface area contributed by atoms with Crippen LogP contribution in [0.15, 0.2) is 0 Å². The van der Waals surface area contributed by atoms with Gasteiger partial charge in [0.15, 0.2) is 0 Å². The molecule has 0 aromatic rings. The van der Waals surface area contributed by atoms with Crippen LogP contribution in [-0.2, 0) is 19.1 Å². The van der Waals surface area contributed by atoms with E-state index in [1.54, 1.807) is 0 Å². The molecule has 0 unspecified atom stereocenters. The van der Waals surface area contributed by atoms with Crippen LogP contribution in [0.25, 0.3) is 0 Å². The summed E-state index contributed by atoms with van der Waals surface area (Å²) in [4.78, 5) is 28.5. The molecule has 0 heterocycles. The maximum absolute atomic E-state index is 13.0. The van der Waals surface area contributed by atoms with Crippen molar-refractivity contribution in [1.29, 1.82) is 0 Å². The summed E-state index contributed by atoms with van der Waals surface area (Å²) in [7, 11) is 0. The minimum absolute atomic E-state index is 0.0616. The molecule has 0 aliphatic carbocycles. The topological polar surface area (TPSA) is 76.1 Å². The van der Waals surface area contributed by atoms with Gasteiger partial charge in [0, 0.05) is 6.54 Å². The number of hydrogen-bond donors (Lipinski definition) is 1. The van der Waals surface area contributed by atoms with E-state index < -0.39 is 0 Å². The Balaban J connectivity index is 4.20. The number of unbranched alkanes of at least 4 members (excludes halogenated alkanes) is 28. The van der Waals surface area contributed by atoms with Gasteiger partial charge in [-0.2, -0.15) is 0 Å². The van der Waals surface area contributed by atoms with Gasteiger partial charge in [-0.1, -0.05) is 220 Å². The molecule has 0 aromatic carbocycles. The molecule has 0 aliphatic rings. The lowest BCUT2D eigenvalue weighted by molar-refractivity contribution is -0.150. The van der Waals surface area contributed by atoms with Crippen LogP contribution in [0.2, 0.25) is 0 Å². The van der Waals surface area contributed by atoms with Gasteiger partial charge in [-0.3, -0.25) is 9.59 Å². The van der Waals surface area contributed by atoms with Crippen molar-refractivity contribution < 1.29 is 24.2 Å². The van der Waals surface area contributed by atoms with Crippen molar-refractivity contribution in [2.24, 2.45) is 11.8 Å². The molecule has 0 fully saturated rings. The Morgan fingerprint density at radius 1 is 0.362 bits per heavy atom. The van der Waals surface area contributed by atoms with Gasteiger partial charge < -0.3 is 19.5 Å². The van der Waals surface area contributed by atoms with Crippen LogP contribution in [0.5, 0.6) is 0 Å². The summed E-state index contributed by atoms with van der Waals surface area (Å²) in [6.45, 7) is 13.2. The zero-order chi connectivity index (χ0) is 42.4. The highest BCUT2D eigenvalue weighted by Crippen LogP contribution is 2.23. The third kappa shape index (κ3) is 39.0. The molecule has 0 saturated heterocycles. The van der Waals surface area contributed by atoms with Crippen molar-refractivity contribution in [3.8, 4) is 0 Å². The number of aliphatic hydroxyl groups is 1. The second-order valence-electron chi connectivity index (χ2n) is 18.1. The minimum atomic E-state index is 0.0616. The molecule has 346 valence electrons. The molecule has 0 spiro atoms. The van der Waals surface area contributed by atoms with E-state index in [0.717, 1.165) is 110 Å². The lowest BCUT2D eigenvalue weighted by Gasteiger charge is -2.21. The molecule has 0 aliphatic heterocycles. The average Bonchev–Trinajstić information content (AvgIpc) is 3.22. The quantitative estimate of drug-likeness (QED) is 0.0487. The summed E-state index contributed by atoms with van der Waals surface area (Å²) >= 11 is 0. The van der Waals surface area contributed by atoms with Crippen LogP contribution < -0.4 is 0 Å². The second kappa shape index (κ2) is 46.9. The fraction of sp³-hybridized carbons (Fsp3) is 0.962. The van der Waals surface area contributed by atoms with Crippen molar-refractivity contribution in [2.45, 2.75) is 272 Å². The second-order valence-corrected chi connectivity index (χ2v) is 18.1. The third-order valence-electron chi connectivity index (χ3n) is 12.4. The van der Waals surface area contributed by atoms with Gasteiger partial charge in [-0.05, 0) is 64.5 Å². The maximum atomic E-state index is 13.0. The highest BCUT2D eigenvalue weighted by molar-refractivity contribution is 5.72. The molecule has 0 aromatic heterocycles. The van der Waals surface area contributed by atoms with Gasteiger partial charge in [0.1, 0.15) is 0 Å². The Kier molecular flexibility index (Phi) is 46.0. The molecule has 58 heavy (non-hydrogen) atoms. The van der Waals surface area contributed by atoms with E-state index in [2.05, 4.69) is 32.6 Å². The van der Waals surface area contributed by atoms with E-state index >= 15 is 0 Å². The van der Waals surface area contributed by atoms with Gasteiger partial charge in [0.2, 0.25) is 0 Å². The Morgan fingerprint density at radius 2 is 0.621 bits per heavy atom.